The minimum atomic E-state index is 0.599. The highest BCUT2D eigenvalue weighted by Crippen LogP contribution is 2.43. The van der Waals surface area contributed by atoms with Gasteiger partial charge in [0.05, 0.1) is 55.5 Å². The summed E-state index contributed by atoms with van der Waals surface area (Å²) in [6.45, 7) is 0. The molecule has 0 aliphatic carbocycles. The second-order valence-electron chi connectivity index (χ2n) is 21.2. The molecule has 0 saturated heterocycles. The Morgan fingerprint density at radius 3 is 1.00 bits per heavy atom. The maximum atomic E-state index is 5.22. The number of fused-ring (bicyclic) bond motifs is 12. The van der Waals surface area contributed by atoms with Gasteiger partial charge in [0.2, 0.25) is 0 Å². The summed E-state index contributed by atoms with van der Waals surface area (Å²) in [4.78, 5) is 15.5. The highest BCUT2D eigenvalue weighted by atomic mass is 15.1. The zero-order valence-electron chi connectivity index (χ0n) is 44.3. The molecule has 5 aromatic heterocycles. The van der Waals surface area contributed by atoms with E-state index in [1.165, 1.54) is 65.2 Å². The average molecular weight is 1050 g/mol. The first kappa shape index (κ1) is 45.8. The summed E-state index contributed by atoms with van der Waals surface area (Å²) < 4.78 is 9.68. The number of nitrogens with zero attached hydrogens (tertiary/aromatic N) is 7. The number of aromatic nitrogens is 7. The molecule has 0 bridgehead atoms. The average Bonchev–Trinajstić information content (AvgIpc) is 4.40. The van der Waals surface area contributed by atoms with Crippen LogP contribution in [0.4, 0.5) is 0 Å². The van der Waals surface area contributed by atoms with Gasteiger partial charge in [-0.2, -0.15) is 0 Å². The molecule has 12 aromatic carbocycles. The quantitative estimate of drug-likeness (QED) is 0.152. The molecule has 0 N–H and O–H groups in total. The topological polar surface area (TPSA) is 58.4 Å². The van der Waals surface area contributed by atoms with Gasteiger partial charge >= 0.3 is 0 Å². The molecule has 0 spiro atoms. The molecule has 0 atom stereocenters. The first-order valence-electron chi connectivity index (χ1n) is 27.8. The van der Waals surface area contributed by atoms with Crippen molar-refractivity contribution in [2.45, 2.75) is 0 Å². The van der Waals surface area contributed by atoms with Crippen LogP contribution >= 0.6 is 0 Å². The van der Waals surface area contributed by atoms with E-state index in [0.29, 0.717) is 17.5 Å². The Kier molecular flexibility index (Phi) is 10.2. The second kappa shape index (κ2) is 18.2. The van der Waals surface area contributed by atoms with Gasteiger partial charge in [0.15, 0.2) is 17.5 Å². The van der Waals surface area contributed by atoms with Crippen molar-refractivity contribution < 1.29 is 0 Å². The van der Waals surface area contributed by atoms with Crippen LogP contribution in [0.3, 0.4) is 0 Å². The molecule has 7 heteroatoms. The largest absolute Gasteiger partial charge is 0.309 e. The standard InChI is InChI=1S/C75H47N7/c1-4-20-48(21-5-1)73-76-74(49-22-6-2-7-23-49)78-75(77-73)52-38-42-71(72(46-52)82-65-33-17-10-26-55(65)56-27-11-18-34-66(56)82)81-67-35-19-14-29-58(67)61-45-51(37-41-70(61)81)50-36-40-68-60(44-50)57-28-12-16-32-64(57)80(68)54-39-43-69-62(47-54)59-30-13-15-31-63(59)79(69)53-24-8-3-9-25-53/h1-47H. The molecule has 82 heavy (non-hydrogen) atoms. The van der Waals surface area contributed by atoms with E-state index in [1.807, 2.05) is 36.4 Å². The number of hydrogen-bond acceptors (Lipinski definition) is 3. The Labute approximate surface area is 471 Å². The van der Waals surface area contributed by atoms with E-state index in [2.05, 4.69) is 267 Å². The number of rotatable bonds is 8. The smallest absolute Gasteiger partial charge is 0.164 e. The molecule has 0 amide bonds. The monoisotopic (exact) mass is 1050 g/mol. The molecule has 17 rings (SSSR count). The summed E-state index contributed by atoms with van der Waals surface area (Å²) in [5.41, 5.74) is 18.6. The van der Waals surface area contributed by atoms with Crippen molar-refractivity contribution in [3.05, 3.63) is 285 Å². The van der Waals surface area contributed by atoms with Crippen molar-refractivity contribution in [2.24, 2.45) is 0 Å². The Balaban J connectivity index is 0.842. The zero-order valence-corrected chi connectivity index (χ0v) is 44.3. The molecular weight excluding hydrogens is 999 g/mol. The van der Waals surface area contributed by atoms with E-state index in [9.17, 15) is 0 Å². The molecule has 0 radical (unpaired) electrons. The molecule has 0 saturated carbocycles. The van der Waals surface area contributed by atoms with E-state index < -0.39 is 0 Å². The fourth-order valence-electron chi connectivity index (χ4n) is 12.9. The van der Waals surface area contributed by atoms with Crippen LogP contribution in [0.25, 0.3) is 155 Å². The van der Waals surface area contributed by atoms with Gasteiger partial charge in [-0.3, -0.25) is 0 Å². The highest BCUT2D eigenvalue weighted by molar-refractivity contribution is 6.15. The van der Waals surface area contributed by atoms with Gasteiger partial charge < -0.3 is 18.3 Å². The van der Waals surface area contributed by atoms with Crippen LogP contribution in [0.1, 0.15) is 0 Å². The minimum Gasteiger partial charge on any atom is -0.309 e. The molecule has 0 aliphatic rings. The van der Waals surface area contributed by atoms with Crippen molar-refractivity contribution in [3.8, 4) is 68.0 Å². The van der Waals surface area contributed by atoms with E-state index in [1.54, 1.807) is 0 Å². The van der Waals surface area contributed by atoms with Crippen molar-refractivity contribution >= 4 is 87.2 Å². The third-order valence-electron chi connectivity index (χ3n) is 16.6. The van der Waals surface area contributed by atoms with Crippen LogP contribution in [0.5, 0.6) is 0 Å². The summed E-state index contributed by atoms with van der Waals surface area (Å²) in [5.74, 6) is 1.84. The van der Waals surface area contributed by atoms with Gasteiger partial charge in [0.25, 0.3) is 0 Å². The van der Waals surface area contributed by atoms with Gasteiger partial charge in [0, 0.05) is 71.2 Å². The van der Waals surface area contributed by atoms with Crippen molar-refractivity contribution in [3.63, 3.8) is 0 Å². The Morgan fingerprint density at radius 1 is 0.183 bits per heavy atom. The lowest BCUT2D eigenvalue weighted by Crippen LogP contribution is -2.05. The predicted molar refractivity (Wildman–Crippen MR) is 339 cm³/mol. The van der Waals surface area contributed by atoms with Crippen LogP contribution < -0.4 is 0 Å². The zero-order chi connectivity index (χ0) is 53.8. The summed E-state index contributed by atoms with van der Waals surface area (Å²) in [6.07, 6.45) is 0. The summed E-state index contributed by atoms with van der Waals surface area (Å²) in [5, 5.41) is 9.61. The van der Waals surface area contributed by atoms with Crippen molar-refractivity contribution in [1.82, 2.24) is 33.2 Å². The SMILES string of the molecule is c1ccc(-c2nc(-c3ccccc3)nc(-c3ccc(-n4c5ccccc5c5cc(-c6ccc7c(c6)c6ccccc6n7-c6ccc7c(c6)c6ccccc6n7-c6ccccc6)ccc54)c(-n4c5ccccc5c5ccccc54)c3)n2)cc1. The lowest BCUT2D eigenvalue weighted by atomic mass is 10.0. The van der Waals surface area contributed by atoms with Crippen LogP contribution in [0.2, 0.25) is 0 Å². The first-order valence-corrected chi connectivity index (χ1v) is 27.8. The number of para-hydroxylation sites is 6. The molecule has 0 aliphatic heterocycles. The van der Waals surface area contributed by atoms with Gasteiger partial charge in [-0.25, -0.2) is 15.0 Å². The van der Waals surface area contributed by atoms with Crippen LogP contribution in [0, 0.1) is 0 Å². The summed E-state index contributed by atoms with van der Waals surface area (Å²) >= 11 is 0. The van der Waals surface area contributed by atoms with Crippen LogP contribution in [0.15, 0.2) is 285 Å². The number of benzene rings is 12. The first-order chi connectivity index (χ1) is 40.7. The normalized spacial score (nSPS) is 11.9. The molecule has 5 heterocycles. The molecule has 0 fully saturated rings. The lowest BCUT2D eigenvalue weighted by Gasteiger charge is -2.18. The van der Waals surface area contributed by atoms with Crippen molar-refractivity contribution in [1.29, 1.82) is 0 Å². The molecule has 17 aromatic rings. The Bertz CT molecular complexity index is 5280. The molecular formula is C75H47N7. The third-order valence-corrected chi connectivity index (χ3v) is 16.6. The predicted octanol–water partition coefficient (Wildman–Crippen LogP) is 18.9. The third kappa shape index (κ3) is 7.06. The molecule has 0 unspecified atom stereocenters. The van der Waals surface area contributed by atoms with Gasteiger partial charge in [-0.15, -0.1) is 0 Å². The van der Waals surface area contributed by atoms with Gasteiger partial charge in [-0.1, -0.05) is 182 Å². The van der Waals surface area contributed by atoms with E-state index in [-0.39, 0.29) is 0 Å². The van der Waals surface area contributed by atoms with Crippen molar-refractivity contribution in [2.75, 3.05) is 0 Å². The fourth-order valence-corrected chi connectivity index (χ4v) is 12.9. The minimum absolute atomic E-state index is 0.599. The number of hydrogen-bond donors (Lipinski definition) is 0. The van der Waals surface area contributed by atoms with Crippen LogP contribution in [-0.4, -0.2) is 33.2 Å². The highest BCUT2D eigenvalue weighted by Gasteiger charge is 2.23. The maximum absolute atomic E-state index is 5.22. The maximum Gasteiger partial charge on any atom is 0.164 e. The fraction of sp³-hybridized carbons (Fsp3) is 0. The van der Waals surface area contributed by atoms with Gasteiger partial charge in [0.1, 0.15) is 0 Å². The Morgan fingerprint density at radius 2 is 0.512 bits per heavy atom. The molecule has 382 valence electrons. The molecule has 7 nitrogen and oxygen atoms in total. The van der Waals surface area contributed by atoms with E-state index in [0.717, 1.165) is 72.6 Å². The Hall–Kier alpha value is -11.2. The summed E-state index contributed by atoms with van der Waals surface area (Å²) in [7, 11) is 0. The van der Waals surface area contributed by atoms with Crippen LogP contribution in [-0.2, 0) is 0 Å². The van der Waals surface area contributed by atoms with E-state index in [4.69, 9.17) is 15.0 Å². The van der Waals surface area contributed by atoms with Gasteiger partial charge in [-0.05, 0) is 114 Å². The second-order valence-corrected chi connectivity index (χ2v) is 21.2. The lowest BCUT2D eigenvalue weighted by molar-refractivity contribution is 1.06. The van der Waals surface area contributed by atoms with E-state index >= 15 is 0 Å². The summed E-state index contributed by atoms with van der Waals surface area (Å²) in [6, 6.07) is 102.